The fourth-order valence-corrected chi connectivity index (χ4v) is 4.43. The number of para-hydroxylation sites is 1. The van der Waals surface area contributed by atoms with Crippen molar-refractivity contribution in [3.05, 3.63) is 85.2 Å². The molecule has 0 spiro atoms. The van der Waals surface area contributed by atoms with Gasteiger partial charge in [0.15, 0.2) is 0 Å². The molecule has 4 aromatic rings. The summed E-state index contributed by atoms with van der Waals surface area (Å²) in [4.78, 5) is 18.3. The minimum atomic E-state index is -0.0856. The maximum absolute atomic E-state index is 12.2. The van der Waals surface area contributed by atoms with Crippen LogP contribution in [0, 0.1) is 11.3 Å². The van der Waals surface area contributed by atoms with Crippen LogP contribution in [-0.4, -0.2) is 38.7 Å². The molecule has 1 aliphatic heterocycles. The van der Waals surface area contributed by atoms with E-state index < -0.39 is 0 Å². The zero-order valence-corrected chi connectivity index (χ0v) is 18.6. The molecule has 168 valence electrons. The molecule has 2 aromatic carbocycles. The molecule has 0 bridgehead atoms. The topological polar surface area (TPSA) is 84.0 Å². The van der Waals surface area contributed by atoms with E-state index in [1.807, 2.05) is 59.3 Å². The van der Waals surface area contributed by atoms with Gasteiger partial charge >= 0.3 is 0 Å². The number of carbonyl (C=O) groups is 1. The summed E-state index contributed by atoms with van der Waals surface area (Å²) in [7, 11) is 0. The molecule has 0 N–H and O–H groups in total. The van der Waals surface area contributed by atoms with Crippen LogP contribution < -0.4 is 4.74 Å². The van der Waals surface area contributed by atoms with Crippen LogP contribution in [0.4, 0.5) is 0 Å². The fraction of sp³-hybridized carbons (Fsp3) is 0.185. The molecule has 1 amide bonds. The Morgan fingerprint density at radius 3 is 2.62 bits per heavy atom. The van der Waals surface area contributed by atoms with Crippen molar-refractivity contribution in [2.24, 2.45) is 0 Å². The summed E-state index contributed by atoms with van der Waals surface area (Å²) < 4.78 is 7.82. The number of benzene rings is 2. The molecule has 7 heteroatoms. The Kier molecular flexibility index (Phi) is 5.79. The van der Waals surface area contributed by atoms with E-state index in [0.29, 0.717) is 18.7 Å². The van der Waals surface area contributed by atoms with E-state index in [2.05, 4.69) is 17.6 Å². The zero-order chi connectivity index (χ0) is 23.5. The first kappa shape index (κ1) is 21.4. The number of aromatic nitrogens is 3. The number of hydrogen-bond donors (Lipinski definition) is 0. The maximum atomic E-state index is 12.2. The highest BCUT2D eigenvalue weighted by Gasteiger charge is 2.27. The van der Waals surface area contributed by atoms with E-state index in [4.69, 9.17) is 9.84 Å². The highest BCUT2D eigenvalue weighted by Crippen LogP contribution is 2.34. The highest BCUT2D eigenvalue weighted by atomic mass is 16.5. The molecule has 0 aliphatic carbocycles. The van der Waals surface area contributed by atoms with Gasteiger partial charge in [0.25, 0.3) is 0 Å². The Morgan fingerprint density at radius 1 is 1.12 bits per heavy atom. The fourth-order valence-electron chi connectivity index (χ4n) is 4.43. The lowest BCUT2D eigenvalue weighted by Crippen LogP contribution is -2.40. The van der Waals surface area contributed by atoms with Crippen molar-refractivity contribution in [3.8, 4) is 28.8 Å². The van der Waals surface area contributed by atoms with Crippen molar-refractivity contribution in [1.82, 2.24) is 19.7 Å². The van der Waals surface area contributed by atoms with Crippen molar-refractivity contribution in [1.29, 1.82) is 5.26 Å². The molecule has 0 unspecified atom stereocenters. The standard InChI is InChI=1S/C27H23N5O2/c1-2-25(33)31-14-6-7-21(18-31)32-27-20(15-28)16-29-17-24(27)26(30-32)19-10-12-23(13-11-19)34-22-8-4-3-5-9-22/h2-5,8-13,16-17,21H,1,6-7,14,18H2/t21-/m1/s1. The third kappa shape index (κ3) is 4.02. The smallest absolute Gasteiger partial charge is 0.246 e. The van der Waals surface area contributed by atoms with Gasteiger partial charge < -0.3 is 9.64 Å². The van der Waals surface area contributed by atoms with Gasteiger partial charge in [0.1, 0.15) is 23.3 Å². The normalized spacial score (nSPS) is 15.6. The number of piperidine rings is 1. The highest BCUT2D eigenvalue weighted by molar-refractivity contribution is 5.95. The monoisotopic (exact) mass is 449 g/mol. The first-order valence-corrected chi connectivity index (χ1v) is 11.2. The largest absolute Gasteiger partial charge is 0.457 e. The Labute approximate surface area is 197 Å². The second kappa shape index (κ2) is 9.20. The van der Waals surface area contributed by atoms with Gasteiger partial charge in [-0.1, -0.05) is 24.8 Å². The second-order valence-electron chi connectivity index (χ2n) is 8.21. The number of ether oxygens (including phenoxy) is 1. The van der Waals surface area contributed by atoms with Crippen molar-refractivity contribution in [3.63, 3.8) is 0 Å². The summed E-state index contributed by atoms with van der Waals surface area (Å²) in [6.45, 7) is 4.84. The molecule has 1 fully saturated rings. The Hall–Kier alpha value is -4.44. The molecule has 2 aromatic heterocycles. The van der Waals surface area contributed by atoms with Gasteiger partial charge in [-0.05, 0) is 55.3 Å². The summed E-state index contributed by atoms with van der Waals surface area (Å²) in [5.74, 6) is 1.40. The molecule has 5 rings (SSSR count). The number of hydrogen-bond acceptors (Lipinski definition) is 5. The summed E-state index contributed by atoms with van der Waals surface area (Å²) in [6.07, 6.45) is 6.39. The van der Waals surface area contributed by atoms with Crippen LogP contribution in [-0.2, 0) is 4.79 Å². The van der Waals surface area contributed by atoms with Crippen LogP contribution in [0.2, 0.25) is 0 Å². The van der Waals surface area contributed by atoms with Gasteiger partial charge in [-0.25, -0.2) is 0 Å². The number of carbonyl (C=O) groups excluding carboxylic acids is 1. The molecule has 1 atom stereocenters. The van der Waals surface area contributed by atoms with E-state index in [9.17, 15) is 10.1 Å². The van der Waals surface area contributed by atoms with Crippen LogP contribution in [0.15, 0.2) is 79.6 Å². The second-order valence-corrected chi connectivity index (χ2v) is 8.21. The lowest BCUT2D eigenvalue weighted by molar-refractivity contribution is -0.127. The predicted octanol–water partition coefficient (Wildman–Crippen LogP) is 5.11. The number of amides is 1. The average Bonchev–Trinajstić information content (AvgIpc) is 3.29. The van der Waals surface area contributed by atoms with E-state index >= 15 is 0 Å². The molecule has 0 radical (unpaired) electrons. The van der Waals surface area contributed by atoms with E-state index in [1.54, 1.807) is 17.3 Å². The summed E-state index contributed by atoms with van der Waals surface area (Å²) >= 11 is 0. The Morgan fingerprint density at radius 2 is 1.88 bits per heavy atom. The van der Waals surface area contributed by atoms with Crippen molar-refractivity contribution >= 4 is 16.8 Å². The summed E-state index contributed by atoms with van der Waals surface area (Å²) in [6, 6.07) is 19.5. The molecule has 1 saturated heterocycles. The quantitative estimate of drug-likeness (QED) is 0.395. The van der Waals surface area contributed by atoms with Crippen LogP contribution >= 0.6 is 0 Å². The number of nitrogens with zero attached hydrogens (tertiary/aromatic N) is 5. The minimum Gasteiger partial charge on any atom is -0.457 e. The molecule has 7 nitrogen and oxygen atoms in total. The summed E-state index contributed by atoms with van der Waals surface area (Å²) in [5.41, 5.74) is 2.86. The SMILES string of the molecule is C=CC(=O)N1CCC[C@@H](n2nc(-c3ccc(Oc4ccccc4)cc3)c3cncc(C#N)c32)C1. The third-order valence-corrected chi connectivity index (χ3v) is 6.07. The minimum absolute atomic E-state index is 0.0379. The number of pyridine rings is 1. The molecule has 0 saturated carbocycles. The Balaban J connectivity index is 1.53. The van der Waals surface area contributed by atoms with Gasteiger partial charge in [0.05, 0.1) is 17.1 Å². The molecular formula is C27H23N5O2. The molecule has 34 heavy (non-hydrogen) atoms. The van der Waals surface area contributed by atoms with Gasteiger partial charge in [0, 0.05) is 36.4 Å². The maximum Gasteiger partial charge on any atom is 0.246 e. The first-order chi connectivity index (χ1) is 16.7. The number of fused-ring (bicyclic) bond motifs is 1. The lowest BCUT2D eigenvalue weighted by Gasteiger charge is -2.32. The number of rotatable bonds is 5. The number of nitriles is 1. The first-order valence-electron chi connectivity index (χ1n) is 11.2. The van der Waals surface area contributed by atoms with E-state index in [-0.39, 0.29) is 11.9 Å². The lowest BCUT2D eigenvalue weighted by atomic mass is 10.0. The molecular weight excluding hydrogens is 426 g/mol. The van der Waals surface area contributed by atoms with Crippen LogP contribution in [0.25, 0.3) is 22.2 Å². The number of likely N-dealkylation sites (tertiary alicyclic amines) is 1. The van der Waals surface area contributed by atoms with Gasteiger partial charge in [-0.15, -0.1) is 0 Å². The zero-order valence-electron chi connectivity index (χ0n) is 18.6. The van der Waals surface area contributed by atoms with Crippen molar-refractivity contribution in [2.75, 3.05) is 13.1 Å². The van der Waals surface area contributed by atoms with Crippen LogP contribution in [0.1, 0.15) is 24.4 Å². The van der Waals surface area contributed by atoms with E-state index in [1.165, 1.54) is 6.08 Å². The average molecular weight is 450 g/mol. The third-order valence-electron chi connectivity index (χ3n) is 6.07. The Bertz CT molecular complexity index is 1390. The van der Waals surface area contributed by atoms with Crippen molar-refractivity contribution < 1.29 is 9.53 Å². The van der Waals surface area contributed by atoms with Crippen LogP contribution in [0.3, 0.4) is 0 Å². The van der Waals surface area contributed by atoms with Gasteiger partial charge in [-0.2, -0.15) is 10.4 Å². The van der Waals surface area contributed by atoms with Gasteiger partial charge in [-0.3, -0.25) is 14.5 Å². The van der Waals surface area contributed by atoms with Gasteiger partial charge in [0.2, 0.25) is 5.91 Å². The van der Waals surface area contributed by atoms with Crippen LogP contribution in [0.5, 0.6) is 11.5 Å². The van der Waals surface area contributed by atoms with E-state index in [0.717, 1.165) is 46.5 Å². The van der Waals surface area contributed by atoms with Crippen molar-refractivity contribution in [2.45, 2.75) is 18.9 Å². The molecule has 3 heterocycles. The predicted molar refractivity (Wildman–Crippen MR) is 129 cm³/mol. The summed E-state index contributed by atoms with van der Waals surface area (Å²) in [5, 5.41) is 15.5. The molecule has 1 aliphatic rings.